The molecule has 0 aliphatic carbocycles. The summed E-state index contributed by atoms with van der Waals surface area (Å²) in [5.41, 5.74) is -1.32. The molecule has 0 fully saturated rings. The zero-order chi connectivity index (χ0) is 19.8. The highest BCUT2D eigenvalue weighted by atomic mass is 35.5. The van der Waals surface area contributed by atoms with E-state index in [2.05, 4.69) is 9.82 Å². The first-order valence-corrected chi connectivity index (χ1v) is 9.44. The molecule has 10 heteroatoms. The van der Waals surface area contributed by atoms with Gasteiger partial charge in [0.2, 0.25) is 0 Å². The second-order valence-electron chi connectivity index (χ2n) is 5.62. The molecular formula is C17H13ClF3N3O2S. The van der Waals surface area contributed by atoms with Gasteiger partial charge in [0.25, 0.3) is 10.0 Å². The van der Waals surface area contributed by atoms with Crippen LogP contribution < -0.4 is 4.72 Å². The van der Waals surface area contributed by atoms with Crippen molar-refractivity contribution in [3.63, 3.8) is 0 Å². The molecule has 0 unspecified atom stereocenters. The molecule has 0 spiro atoms. The number of hydrogen-bond acceptors (Lipinski definition) is 3. The van der Waals surface area contributed by atoms with E-state index < -0.39 is 27.7 Å². The van der Waals surface area contributed by atoms with Gasteiger partial charge >= 0.3 is 6.18 Å². The number of halogens is 4. The number of nitrogens with one attached hydrogen (secondary N) is 1. The number of anilines is 1. The lowest BCUT2D eigenvalue weighted by atomic mass is 10.1. The Kier molecular flexibility index (Phi) is 4.92. The molecule has 0 atom stereocenters. The van der Waals surface area contributed by atoms with Crippen LogP contribution in [0.15, 0.2) is 59.5 Å². The normalized spacial score (nSPS) is 12.2. The molecule has 0 aliphatic rings. The summed E-state index contributed by atoms with van der Waals surface area (Å²) in [5, 5.41) is 4.10. The zero-order valence-electron chi connectivity index (χ0n) is 13.8. The average Bonchev–Trinajstić information content (AvgIpc) is 2.92. The highest BCUT2D eigenvalue weighted by molar-refractivity contribution is 7.92. The quantitative estimate of drug-likeness (QED) is 0.679. The number of benzene rings is 2. The molecular weight excluding hydrogens is 403 g/mol. The smallest absolute Gasteiger partial charge is 0.261 e. The average molecular weight is 416 g/mol. The van der Waals surface area contributed by atoms with Gasteiger partial charge in [-0.2, -0.15) is 18.3 Å². The van der Waals surface area contributed by atoms with E-state index in [0.717, 1.165) is 7.05 Å². The van der Waals surface area contributed by atoms with Crippen molar-refractivity contribution in [2.75, 3.05) is 4.72 Å². The highest BCUT2D eigenvalue weighted by Crippen LogP contribution is 2.41. The van der Waals surface area contributed by atoms with Crippen LogP contribution in [0.4, 0.5) is 19.0 Å². The maximum Gasteiger partial charge on any atom is 0.433 e. The molecule has 0 radical (unpaired) electrons. The predicted octanol–water partition coefficient (Wildman–Crippen LogP) is 4.56. The van der Waals surface area contributed by atoms with Crippen LogP contribution in [-0.2, 0) is 23.2 Å². The topological polar surface area (TPSA) is 64.0 Å². The molecule has 2 aromatic carbocycles. The van der Waals surface area contributed by atoms with Gasteiger partial charge in [-0.25, -0.2) is 8.42 Å². The van der Waals surface area contributed by atoms with E-state index in [1.807, 2.05) is 0 Å². The highest BCUT2D eigenvalue weighted by Gasteiger charge is 2.40. The number of aryl methyl sites for hydroxylation is 1. The van der Waals surface area contributed by atoms with Crippen molar-refractivity contribution in [2.24, 2.45) is 7.05 Å². The Labute approximate surface area is 158 Å². The van der Waals surface area contributed by atoms with Crippen LogP contribution in [0.5, 0.6) is 0 Å². The molecule has 3 rings (SSSR count). The minimum Gasteiger partial charge on any atom is -0.261 e. The second-order valence-corrected chi connectivity index (χ2v) is 7.74. The third-order valence-electron chi connectivity index (χ3n) is 3.73. The van der Waals surface area contributed by atoms with Gasteiger partial charge in [0.1, 0.15) is 0 Å². The Morgan fingerprint density at radius 1 is 1.04 bits per heavy atom. The molecule has 1 heterocycles. The molecule has 0 saturated heterocycles. The van der Waals surface area contributed by atoms with Gasteiger partial charge in [0.15, 0.2) is 11.5 Å². The molecule has 0 amide bonds. The summed E-state index contributed by atoms with van der Waals surface area (Å²) >= 11 is 5.81. The summed E-state index contributed by atoms with van der Waals surface area (Å²) < 4.78 is 68.6. The summed E-state index contributed by atoms with van der Waals surface area (Å²) in [6, 6.07) is 12.9. The fourth-order valence-corrected chi connectivity index (χ4v) is 3.75. The van der Waals surface area contributed by atoms with Crippen LogP contribution in [0.1, 0.15) is 5.69 Å². The monoisotopic (exact) mass is 415 g/mol. The molecule has 1 N–H and O–H groups in total. The van der Waals surface area contributed by atoms with E-state index in [1.54, 1.807) is 6.07 Å². The summed E-state index contributed by atoms with van der Waals surface area (Å²) in [6.07, 6.45) is -4.74. The van der Waals surface area contributed by atoms with Crippen LogP contribution in [-0.4, -0.2) is 18.2 Å². The maximum atomic E-state index is 13.6. The second kappa shape index (κ2) is 6.90. The van der Waals surface area contributed by atoms with E-state index in [0.29, 0.717) is 9.70 Å². The first-order valence-electron chi connectivity index (χ1n) is 7.57. The lowest BCUT2D eigenvalue weighted by molar-refractivity contribution is -0.143. The van der Waals surface area contributed by atoms with Crippen molar-refractivity contribution in [2.45, 2.75) is 11.1 Å². The number of hydrogen-bond donors (Lipinski definition) is 1. The molecule has 3 aromatic rings. The Morgan fingerprint density at radius 2 is 1.63 bits per heavy atom. The van der Waals surface area contributed by atoms with E-state index >= 15 is 0 Å². The van der Waals surface area contributed by atoms with Gasteiger partial charge < -0.3 is 0 Å². The summed E-state index contributed by atoms with van der Waals surface area (Å²) in [7, 11) is -3.02. The van der Waals surface area contributed by atoms with Gasteiger partial charge in [-0.3, -0.25) is 9.40 Å². The van der Waals surface area contributed by atoms with E-state index in [9.17, 15) is 21.6 Å². The first-order chi connectivity index (χ1) is 12.6. The first kappa shape index (κ1) is 19.2. The standard InChI is InChI=1S/C17H13ClF3N3O2S/c1-24-15(17(19,20)21)14(11-7-9-12(18)10-8-11)16(22-24)23-27(25,26)13-5-3-2-4-6-13/h2-10H,1H3,(H,22,23). The largest absolute Gasteiger partial charge is 0.433 e. The van der Waals surface area contributed by atoms with Crippen LogP contribution in [0.3, 0.4) is 0 Å². The van der Waals surface area contributed by atoms with Crippen LogP contribution in [0.25, 0.3) is 11.1 Å². The summed E-state index contributed by atoms with van der Waals surface area (Å²) in [4.78, 5) is -0.0914. The van der Waals surface area contributed by atoms with E-state index in [-0.39, 0.29) is 16.0 Å². The number of rotatable bonds is 4. The van der Waals surface area contributed by atoms with Crippen molar-refractivity contribution >= 4 is 27.4 Å². The van der Waals surface area contributed by atoms with Crippen molar-refractivity contribution in [1.82, 2.24) is 9.78 Å². The van der Waals surface area contributed by atoms with Crippen molar-refractivity contribution in [3.8, 4) is 11.1 Å². The Hall–Kier alpha value is -2.52. The molecule has 1 aromatic heterocycles. The lowest BCUT2D eigenvalue weighted by Crippen LogP contribution is -2.14. The summed E-state index contributed by atoms with van der Waals surface area (Å²) in [6.45, 7) is 0. The lowest BCUT2D eigenvalue weighted by Gasteiger charge is -2.12. The summed E-state index contributed by atoms with van der Waals surface area (Å²) in [5.74, 6) is -0.420. The van der Waals surface area contributed by atoms with Gasteiger partial charge in [0, 0.05) is 12.1 Å². The Bertz CT molecular complexity index is 1060. The van der Waals surface area contributed by atoms with E-state index in [1.165, 1.54) is 48.5 Å². The van der Waals surface area contributed by atoms with Crippen molar-refractivity contribution in [1.29, 1.82) is 0 Å². The van der Waals surface area contributed by atoms with Crippen LogP contribution in [0, 0.1) is 0 Å². The Morgan fingerprint density at radius 3 is 2.19 bits per heavy atom. The number of alkyl halides is 3. The van der Waals surface area contributed by atoms with Crippen molar-refractivity contribution < 1.29 is 21.6 Å². The van der Waals surface area contributed by atoms with Crippen LogP contribution >= 0.6 is 11.6 Å². The molecule has 0 saturated carbocycles. The zero-order valence-corrected chi connectivity index (χ0v) is 15.4. The Balaban J connectivity index is 2.18. The minimum atomic E-state index is -4.74. The van der Waals surface area contributed by atoms with E-state index in [4.69, 9.17) is 11.6 Å². The van der Waals surface area contributed by atoms with Gasteiger partial charge in [-0.15, -0.1) is 0 Å². The predicted molar refractivity (Wildman–Crippen MR) is 95.9 cm³/mol. The number of sulfonamides is 1. The van der Waals surface area contributed by atoms with Gasteiger partial charge in [0.05, 0.1) is 10.5 Å². The fraction of sp³-hybridized carbons (Fsp3) is 0.118. The van der Waals surface area contributed by atoms with Gasteiger partial charge in [-0.1, -0.05) is 41.9 Å². The molecule has 27 heavy (non-hydrogen) atoms. The number of nitrogens with zero attached hydrogens (tertiary/aromatic N) is 2. The fourth-order valence-electron chi connectivity index (χ4n) is 2.60. The van der Waals surface area contributed by atoms with Gasteiger partial charge in [-0.05, 0) is 29.8 Å². The molecule has 5 nitrogen and oxygen atoms in total. The van der Waals surface area contributed by atoms with Crippen LogP contribution in [0.2, 0.25) is 5.02 Å². The third-order valence-corrected chi connectivity index (χ3v) is 5.34. The molecule has 0 aliphatic heterocycles. The SMILES string of the molecule is Cn1nc(NS(=O)(=O)c2ccccc2)c(-c2ccc(Cl)cc2)c1C(F)(F)F. The number of aromatic nitrogens is 2. The minimum absolute atomic E-state index is 0.0914. The maximum absolute atomic E-state index is 13.6. The third kappa shape index (κ3) is 3.93. The molecule has 142 valence electrons. The molecule has 0 bridgehead atoms. The van der Waals surface area contributed by atoms with Crippen molar-refractivity contribution in [3.05, 3.63) is 65.3 Å².